The van der Waals surface area contributed by atoms with Gasteiger partial charge < -0.3 is 4.57 Å². The summed E-state index contributed by atoms with van der Waals surface area (Å²) in [5.74, 6) is 0.0183. The Morgan fingerprint density at radius 1 is 1.08 bits per heavy atom. The number of sulfonamides is 1. The topological polar surface area (TPSA) is 42.3 Å². The van der Waals surface area contributed by atoms with Crippen molar-refractivity contribution < 1.29 is 8.42 Å². The summed E-state index contributed by atoms with van der Waals surface area (Å²) in [5, 5.41) is 1.98. The van der Waals surface area contributed by atoms with Crippen LogP contribution in [0.1, 0.15) is 21.7 Å². The molecule has 0 radical (unpaired) electrons. The van der Waals surface area contributed by atoms with Crippen molar-refractivity contribution in [1.82, 2.24) is 8.87 Å². The number of benzene rings is 1. The van der Waals surface area contributed by atoms with Crippen molar-refractivity contribution in [1.29, 1.82) is 0 Å². The van der Waals surface area contributed by atoms with Crippen LogP contribution in [0, 0.1) is 6.92 Å². The van der Waals surface area contributed by atoms with Crippen molar-refractivity contribution in [2.75, 3.05) is 0 Å². The lowest BCUT2D eigenvalue weighted by molar-refractivity contribution is 0.395. The van der Waals surface area contributed by atoms with Crippen LogP contribution < -0.4 is 0 Å². The molecule has 2 heterocycles. The lowest BCUT2D eigenvalue weighted by atomic mass is 10.2. The fraction of sp³-hybridized carbons (Fsp3) is 0.263. The SMILES string of the molecule is Cc1cccc(CS(=O)(=O)N(Cc2cccs2)Cc2cccn2C)c1. The van der Waals surface area contributed by atoms with Gasteiger partial charge in [0.15, 0.2) is 0 Å². The minimum absolute atomic E-state index is 0.0183. The minimum Gasteiger partial charge on any atom is -0.353 e. The third kappa shape index (κ3) is 4.60. The molecule has 0 saturated carbocycles. The van der Waals surface area contributed by atoms with E-state index in [1.54, 1.807) is 15.6 Å². The molecule has 3 rings (SSSR count). The standard InChI is InChI=1S/C19H22N2O2S2/c1-16-6-3-7-17(12-16)15-25(22,23)21(14-19-9-5-11-24-19)13-18-8-4-10-20(18)2/h3-12H,13-15H2,1-2H3. The predicted octanol–water partition coefficient (Wildman–Crippen LogP) is 3.93. The molecule has 0 aliphatic carbocycles. The smallest absolute Gasteiger partial charge is 0.218 e. The molecule has 25 heavy (non-hydrogen) atoms. The largest absolute Gasteiger partial charge is 0.353 e. The third-order valence-corrected chi connectivity index (χ3v) is 6.73. The fourth-order valence-corrected chi connectivity index (χ4v) is 5.02. The van der Waals surface area contributed by atoms with Gasteiger partial charge in [0, 0.05) is 30.4 Å². The molecule has 0 amide bonds. The summed E-state index contributed by atoms with van der Waals surface area (Å²) in [6.45, 7) is 2.75. The molecular formula is C19H22N2O2S2. The Morgan fingerprint density at radius 3 is 2.56 bits per heavy atom. The van der Waals surface area contributed by atoms with E-state index in [2.05, 4.69) is 0 Å². The van der Waals surface area contributed by atoms with Gasteiger partial charge in [0.2, 0.25) is 10.0 Å². The van der Waals surface area contributed by atoms with Crippen LogP contribution in [0.5, 0.6) is 0 Å². The normalized spacial score (nSPS) is 12.0. The first-order valence-electron chi connectivity index (χ1n) is 8.10. The molecule has 1 aromatic carbocycles. The molecule has 0 spiro atoms. The number of hydrogen-bond acceptors (Lipinski definition) is 3. The highest BCUT2D eigenvalue weighted by Crippen LogP contribution is 2.21. The van der Waals surface area contributed by atoms with Crippen LogP contribution >= 0.6 is 11.3 Å². The third-order valence-electron chi connectivity index (χ3n) is 4.13. The Morgan fingerprint density at radius 2 is 1.92 bits per heavy atom. The van der Waals surface area contributed by atoms with E-state index < -0.39 is 10.0 Å². The maximum atomic E-state index is 13.1. The van der Waals surface area contributed by atoms with Gasteiger partial charge in [-0.05, 0) is 36.1 Å². The quantitative estimate of drug-likeness (QED) is 0.629. The summed E-state index contributed by atoms with van der Waals surface area (Å²) in [6, 6.07) is 15.5. The van der Waals surface area contributed by atoms with Gasteiger partial charge in [-0.25, -0.2) is 8.42 Å². The van der Waals surface area contributed by atoms with E-state index in [1.807, 2.05) is 78.6 Å². The Hall–Kier alpha value is -1.89. The monoisotopic (exact) mass is 374 g/mol. The molecule has 132 valence electrons. The average molecular weight is 375 g/mol. The van der Waals surface area contributed by atoms with Gasteiger partial charge >= 0.3 is 0 Å². The van der Waals surface area contributed by atoms with Crippen molar-refractivity contribution in [3.8, 4) is 0 Å². The van der Waals surface area contributed by atoms with Gasteiger partial charge in [-0.3, -0.25) is 0 Å². The maximum Gasteiger partial charge on any atom is 0.218 e. The number of aromatic nitrogens is 1. The lowest BCUT2D eigenvalue weighted by Gasteiger charge is -2.22. The van der Waals surface area contributed by atoms with Crippen LogP contribution in [0.4, 0.5) is 0 Å². The van der Waals surface area contributed by atoms with E-state index >= 15 is 0 Å². The first-order valence-corrected chi connectivity index (χ1v) is 10.6. The van der Waals surface area contributed by atoms with Gasteiger partial charge in [-0.15, -0.1) is 11.3 Å². The molecule has 0 saturated heterocycles. The van der Waals surface area contributed by atoms with Gasteiger partial charge in [0.05, 0.1) is 12.3 Å². The van der Waals surface area contributed by atoms with Gasteiger partial charge in [-0.1, -0.05) is 35.9 Å². The maximum absolute atomic E-state index is 13.1. The Bertz CT molecular complexity index is 928. The van der Waals surface area contributed by atoms with Crippen molar-refractivity contribution >= 4 is 21.4 Å². The summed E-state index contributed by atoms with van der Waals surface area (Å²) in [4.78, 5) is 1.04. The Balaban J connectivity index is 1.87. The summed E-state index contributed by atoms with van der Waals surface area (Å²) in [7, 11) is -1.50. The average Bonchev–Trinajstić information content (AvgIpc) is 3.18. The molecule has 2 aromatic heterocycles. The van der Waals surface area contributed by atoms with E-state index in [1.165, 1.54) is 0 Å². The van der Waals surface area contributed by atoms with Crippen LogP contribution in [-0.4, -0.2) is 17.3 Å². The van der Waals surface area contributed by atoms with Crippen LogP contribution in [-0.2, 0) is 35.9 Å². The molecule has 0 unspecified atom stereocenters. The zero-order chi connectivity index (χ0) is 17.9. The second-order valence-electron chi connectivity index (χ2n) is 6.20. The lowest BCUT2D eigenvalue weighted by Crippen LogP contribution is -2.31. The highest BCUT2D eigenvalue weighted by atomic mass is 32.2. The van der Waals surface area contributed by atoms with Crippen LogP contribution in [0.15, 0.2) is 60.1 Å². The number of aryl methyl sites for hydroxylation is 2. The molecule has 6 heteroatoms. The molecule has 0 N–H and O–H groups in total. The van der Waals surface area contributed by atoms with E-state index in [0.29, 0.717) is 13.1 Å². The van der Waals surface area contributed by atoms with E-state index in [0.717, 1.165) is 21.7 Å². The first-order chi connectivity index (χ1) is 11.9. The van der Waals surface area contributed by atoms with E-state index in [9.17, 15) is 8.42 Å². The fourth-order valence-electron chi connectivity index (χ4n) is 2.77. The van der Waals surface area contributed by atoms with Crippen LogP contribution in [0.3, 0.4) is 0 Å². The van der Waals surface area contributed by atoms with Crippen molar-refractivity contribution in [3.05, 3.63) is 81.8 Å². The van der Waals surface area contributed by atoms with Crippen molar-refractivity contribution in [2.24, 2.45) is 7.05 Å². The van der Waals surface area contributed by atoms with E-state index in [-0.39, 0.29) is 5.75 Å². The molecule has 3 aromatic rings. The van der Waals surface area contributed by atoms with Crippen molar-refractivity contribution in [2.45, 2.75) is 25.8 Å². The molecule has 0 fully saturated rings. The molecular weight excluding hydrogens is 352 g/mol. The highest BCUT2D eigenvalue weighted by molar-refractivity contribution is 7.88. The second kappa shape index (κ2) is 7.56. The zero-order valence-electron chi connectivity index (χ0n) is 14.4. The number of rotatable bonds is 7. The molecule has 0 atom stereocenters. The van der Waals surface area contributed by atoms with Gasteiger partial charge in [0.1, 0.15) is 0 Å². The summed E-state index contributed by atoms with van der Waals surface area (Å²) in [5.41, 5.74) is 2.87. The number of thiophene rings is 1. The molecule has 0 aliphatic rings. The van der Waals surface area contributed by atoms with Crippen LogP contribution in [0.2, 0.25) is 0 Å². The molecule has 0 aliphatic heterocycles. The minimum atomic E-state index is -3.43. The zero-order valence-corrected chi connectivity index (χ0v) is 16.1. The summed E-state index contributed by atoms with van der Waals surface area (Å²) in [6.07, 6.45) is 1.94. The number of hydrogen-bond donors (Lipinski definition) is 0. The first kappa shape index (κ1) is 17.9. The summed E-state index contributed by atoms with van der Waals surface area (Å²) >= 11 is 1.58. The Kier molecular flexibility index (Phi) is 5.42. The highest BCUT2D eigenvalue weighted by Gasteiger charge is 2.24. The molecule has 4 nitrogen and oxygen atoms in total. The van der Waals surface area contributed by atoms with Crippen LogP contribution in [0.25, 0.3) is 0 Å². The summed E-state index contributed by atoms with van der Waals surface area (Å²) < 4.78 is 29.7. The Labute approximate surface area is 153 Å². The second-order valence-corrected chi connectivity index (χ2v) is 9.20. The van der Waals surface area contributed by atoms with Gasteiger partial charge in [-0.2, -0.15) is 4.31 Å². The van der Waals surface area contributed by atoms with Gasteiger partial charge in [0.25, 0.3) is 0 Å². The predicted molar refractivity (Wildman–Crippen MR) is 103 cm³/mol. The van der Waals surface area contributed by atoms with Crippen molar-refractivity contribution in [3.63, 3.8) is 0 Å². The van der Waals surface area contributed by atoms with E-state index in [4.69, 9.17) is 0 Å². The molecule has 0 bridgehead atoms. The number of nitrogens with zero attached hydrogens (tertiary/aromatic N) is 2.